The number of hydrogen-bond acceptors (Lipinski definition) is 16. The van der Waals surface area contributed by atoms with Crippen LogP contribution in [0.15, 0.2) is 4.99 Å². The standard InChI is InChI=1S/C28H53N9O10/c29-6-15-14(39)4-12(35-7-9-1-10(30)2-9)23(45-15)18-11(31)3-13(36-26(43)28(44)5-17(28)37-27(33)34)24(21(18)41)47-25-22(42)19(32)20(40)16(8-38)46-25/h9-25,35,38-42,44H,1-8,29-32H2,(H,36,43)(H4,33,34,37)/t9?,10?,11-,12+,13+,14-,15+,16+,17?,18?,19-,20+,21-,22+,23-,24-,25+,28?/m0/s1. The average molecular weight is 676 g/mol. The molecule has 1 amide bonds. The van der Waals surface area contributed by atoms with Crippen LogP contribution in [0.2, 0.25) is 0 Å². The summed E-state index contributed by atoms with van der Waals surface area (Å²) in [4.78, 5) is 17.2. The summed E-state index contributed by atoms with van der Waals surface area (Å²) in [6.07, 6.45) is -8.98. The van der Waals surface area contributed by atoms with Gasteiger partial charge in [-0.1, -0.05) is 0 Å². The maximum Gasteiger partial charge on any atom is 0.254 e. The number of nitrogens with one attached hydrogen (secondary N) is 2. The van der Waals surface area contributed by atoms with E-state index < -0.39 is 109 Å². The molecule has 0 aromatic rings. The molecule has 16 atom stereocenters. The van der Waals surface area contributed by atoms with Gasteiger partial charge in [0.15, 0.2) is 17.9 Å². The largest absolute Gasteiger partial charge is 0.394 e. The smallest absolute Gasteiger partial charge is 0.254 e. The molecule has 2 aliphatic heterocycles. The molecule has 20 N–H and O–H groups in total. The fourth-order valence-electron chi connectivity index (χ4n) is 7.51. The Hall–Kier alpha value is -1.82. The van der Waals surface area contributed by atoms with Gasteiger partial charge >= 0.3 is 0 Å². The number of aliphatic imine (C=N–C) groups is 1. The van der Waals surface area contributed by atoms with E-state index in [1.165, 1.54) is 0 Å². The van der Waals surface area contributed by atoms with Crippen LogP contribution in [-0.4, -0.2) is 159 Å². The fraction of sp³-hybridized carbons (Fsp3) is 0.929. The lowest BCUT2D eigenvalue weighted by Crippen LogP contribution is -2.70. The molecule has 3 aliphatic carbocycles. The topological polar surface area (TPSA) is 359 Å². The molecule has 5 aliphatic rings. The Morgan fingerprint density at radius 2 is 1.66 bits per heavy atom. The summed E-state index contributed by atoms with van der Waals surface area (Å²) in [6.45, 7) is -0.0201. The van der Waals surface area contributed by atoms with Gasteiger partial charge in [0.25, 0.3) is 5.91 Å². The van der Waals surface area contributed by atoms with Gasteiger partial charge < -0.3 is 89.9 Å². The van der Waals surface area contributed by atoms with Gasteiger partial charge in [0.2, 0.25) is 0 Å². The van der Waals surface area contributed by atoms with Crippen molar-refractivity contribution in [2.24, 2.45) is 51.2 Å². The monoisotopic (exact) mass is 675 g/mol. The van der Waals surface area contributed by atoms with Crippen molar-refractivity contribution >= 4 is 11.9 Å². The van der Waals surface area contributed by atoms with Crippen LogP contribution in [-0.2, 0) is 19.0 Å². The predicted molar refractivity (Wildman–Crippen MR) is 165 cm³/mol. The SMILES string of the molecule is NC[C@H]1O[C@H](C2[C@@H](N)C[C@@H](NC(=O)C3(O)CC3N=C(N)N)[C@H](O[C@H]3O[C@H](CO)[C@@H](O)[C@H](N)[C@H]3O)[C@H]2O)[C@H](NCC2CC(N)C2)C[C@@H]1O. The van der Waals surface area contributed by atoms with Crippen LogP contribution in [0.1, 0.15) is 32.1 Å². The van der Waals surface area contributed by atoms with Crippen molar-refractivity contribution in [1.82, 2.24) is 10.6 Å². The quantitative estimate of drug-likeness (QED) is 0.0714. The van der Waals surface area contributed by atoms with Crippen molar-refractivity contribution in [3.05, 3.63) is 0 Å². The van der Waals surface area contributed by atoms with E-state index in [2.05, 4.69) is 15.6 Å². The summed E-state index contributed by atoms with van der Waals surface area (Å²) in [5.74, 6) is -1.62. The minimum absolute atomic E-state index is 0.0128. The number of carbonyl (C=O) groups is 1. The molecule has 3 saturated carbocycles. The second-order valence-corrected chi connectivity index (χ2v) is 13.9. The van der Waals surface area contributed by atoms with Crippen LogP contribution < -0.4 is 45.0 Å². The predicted octanol–water partition coefficient (Wildman–Crippen LogP) is -7.72. The lowest BCUT2D eigenvalue weighted by molar-refractivity contribution is -0.307. The first-order valence-electron chi connectivity index (χ1n) is 16.3. The van der Waals surface area contributed by atoms with Crippen LogP contribution in [0.4, 0.5) is 0 Å². The number of ether oxygens (including phenoxy) is 3. The van der Waals surface area contributed by atoms with E-state index in [1.54, 1.807) is 0 Å². The highest BCUT2D eigenvalue weighted by Crippen LogP contribution is 2.41. The van der Waals surface area contributed by atoms with Crippen LogP contribution in [0.3, 0.4) is 0 Å². The molecule has 5 fully saturated rings. The molecule has 270 valence electrons. The number of rotatable bonds is 11. The lowest BCUT2D eigenvalue weighted by Gasteiger charge is -2.52. The zero-order valence-corrected chi connectivity index (χ0v) is 26.2. The molecule has 19 nitrogen and oxygen atoms in total. The Labute approximate surface area is 272 Å². The van der Waals surface area contributed by atoms with Gasteiger partial charge in [-0.3, -0.25) is 4.79 Å². The molecule has 47 heavy (non-hydrogen) atoms. The van der Waals surface area contributed by atoms with Crippen molar-refractivity contribution in [1.29, 1.82) is 0 Å². The number of amides is 1. The second-order valence-electron chi connectivity index (χ2n) is 13.9. The van der Waals surface area contributed by atoms with Gasteiger partial charge in [-0.2, -0.15) is 0 Å². The minimum Gasteiger partial charge on any atom is -0.394 e. The number of nitrogens with two attached hydrogens (primary N) is 6. The summed E-state index contributed by atoms with van der Waals surface area (Å²) in [5.41, 5.74) is 33.5. The van der Waals surface area contributed by atoms with E-state index in [4.69, 9.17) is 48.6 Å². The molecule has 0 spiro atoms. The summed E-state index contributed by atoms with van der Waals surface area (Å²) in [5, 5.41) is 70.8. The van der Waals surface area contributed by atoms with Gasteiger partial charge in [0.1, 0.15) is 24.4 Å². The first-order chi connectivity index (χ1) is 22.2. The zero-order valence-electron chi connectivity index (χ0n) is 26.2. The zero-order chi connectivity index (χ0) is 34.4. The van der Waals surface area contributed by atoms with Gasteiger partial charge in [-0.15, -0.1) is 0 Å². The van der Waals surface area contributed by atoms with Crippen molar-refractivity contribution in [3.63, 3.8) is 0 Å². The minimum atomic E-state index is -1.91. The van der Waals surface area contributed by atoms with Crippen LogP contribution >= 0.6 is 0 Å². The third-order valence-corrected chi connectivity index (χ3v) is 10.5. The lowest BCUT2D eigenvalue weighted by atomic mass is 9.71. The Morgan fingerprint density at radius 3 is 2.28 bits per heavy atom. The molecule has 0 aromatic carbocycles. The van der Waals surface area contributed by atoms with E-state index >= 15 is 0 Å². The number of aliphatic hydroxyl groups excluding tert-OH is 5. The highest BCUT2D eigenvalue weighted by Gasteiger charge is 2.61. The molecule has 2 saturated heterocycles. The van der Waals surface area contributed by atoms with Crippen molar-refractivity contribution in [3.8, 4) is 0 Å². The van der Waals surface area contributed by atoms with Gasteiger partial charge in [0.05, 0.1) is 49.1 Å². The summed E-state index contributed by atoms with van der Waals surface area (Å²) in [7, 11) is 0. The highest BCUT2D eigenvalue weighted by molar-refractivity contribution is 5.90. The van der Waals surface area contributed by atoms with Gasteiger partial charge in [-0.05, 0) is 38.1 Å². The second kappa shape index (κ2) is 14.6. The average Bonchev–Trinajstić information content (AvgIpc) is 3.66. The molecular formula is C28H53N9O10. The maximum absolute atomic E-state index is 13.3. The van der Waals surface area contributed by atoms with Crippen molar-refractivity contribution in [2.45, 2.75) is 129 Å². The Morgan fingerprint density at radius 1 is 0.957 bits per heavy atom. The molecule has 0 aromatic heterocycles. The third-order valence-electron chi connectivity index (χ3n) is 10.5. The number of guanidine groups is 1. The molecular weight excluding hydrogens is 622 g/mol. The highest BCUT2D eigenvalue weighted by atomic mass is 16.7. The van der Waals surface area contributed by atoms with E-state index in [9.17, 15) is 35.4 Å². The van der Waals surface area contributed by atoms with E-state index in [0.717, 1.165) is 12.8 Å². The van der Waals surface area contributed by atoms with Crippen LogP contribution in [0.5, 0.6) is 0 Å². The van der Waals surface area contributed by atoms with Crippen LogP contribution in [0.25, 0.3) is 0 Å². The number of carbonyl (C=O) groups excluding carboxylic acids is 1. The Bertz CT molecular complexity index is 1120. The van der Waals surface area contributed by atoms with Crippen molar-refractivity contribution in [2.75, 3.05) is 19.7 Å². The number of aliphatic hydroxyl groups is 6. The summed E-state index contributed by atoms with van der Waals surface area (Å²) < 4.78 is 18.1. The third kappa shape index (κ3) is 7.53. The van der Waals surface area contributed by atoms with Crippen molar-refractivity contribution < 1.29 is 49.6 Å². The molecule has 19 heteroatoms. The normalized spacial score (nSPS) is 49.9. The first kappa shape index (κ1) is 36.5. The first-order valence-corrected chi connectivity index (χ1v) is 16.3. The fourth-order valence-corrected chi connectivity index (χ4v) is 7.51. The number of nitrogens with zero attached hydrogens (tertiary/aromatic N) is 1. The Balaban J connectivity index is 1.40. The van der Waals surface area contributed by atoms with E-state index in [1.807, 2.05) is 0 Å². The molecule has 0 bridgehead atoms. The molecule has 0 radical (unpaired) electrons. The van der Waals surface area contributed by atoms with Crippen LogP contribution in [0, 0.1) is 11.8 Å². The molecule has 3 unspecified atom stereocenters. The van der Waals surface area contributed by atoms with E-state index in [0.29, 0.717) is 12.5 Å². The Kier molecular flexibility index (Phi) is 11.3. The van der Waals surface area contributed by atoms with Gasteiger partial charge in [0, 0.05) is 37.0 Å². The van der Waals surface area contributed by atoms with Gasteiger partial charge in [-0.25, -0.2) is 4.99 Å². The molecule has 2 heterocycles. The summed E-state index contributed by atoms with van der Waals surface area (Å²) in [6, 6.07) is -4.29. The summed E-state index contributed by atoms with van der Waals surface area (Å²) >= 11 is 0. The maximum atomic E-state index is 13.3. The van der Waals surface area contributed by atoms with E-state index in [-0.39, 0.29) is 37.8 Å². The molecule has 5 rings (SSSR count). The number of hydrogen-bond donors (Lipinski definition) is 14.